The van der Waals surface area contributed by atoms with Crippen LogP contribution in [0.4, 0.5) is 10.5 Å². The number of hydrogen-bond donors (Lipinski definition) is 2. The Hall–Kier alpha value is -3.03. The molecule has 0 radical (unpaired) electrons. The first kappa shape index (κ1) is 34.0. The summed E-state index contributed by atoms with van der Waals surface area (Å²) in [5, 5.41) is 5.75. The minimum atomic E-state index is -0.500. The monoisotopic (exact) mass is 516 g/mol. The van der Waals surface area contributed by atoms with E-state index in [9.17, 15) is 4.79 Å². The molecule has 0 unspecified atom stereocenters. The number of nitrogens with one attached hydrogen (secondary N) is 2. The lowest BCUT2D eigenvalue weighted by Gasteiger charge is -2.19. The van der Waals surface area contributed by atoms with Crippen LogP contribution in [0, 0.1) is 0 Å². The van der Waals surface area contributed by atoms with Crippen molar-refractivity contribution in [1.82, 2.24) is 5.32 Å². The molecule has 0 bridgehead atoms. The molecule has 0 atom stereocenters. The van der Waals surface area contributed by atoms with Crippen LogP contribution in [0.5, 0.6) is 5.75 Å². The van der Waals surface area contributed by atoms with Crippen LogP contribution in [0.1, 0.15) is 59.6 Å². The van der Waals surface area contributed by atoms with E-state index in [0.29, 0.717) is 39.6 Å². The van der Waals surface area contributed by atoms with Gasteiger partial charge in [0, 0.05) is 19.3 Å². The molecule has 208 valence electrons. The minimum absolute atomic E-state index is 0.395. The SMILES string of the molecule is CC.CC.CNc1ccc(/C=C/c2ccc(OCCOCCOCCNC(=O)OC(C)(C)C)cc2)cc1. The number of amides is 1. The number of ether oxygens (including phenoxy) is 4. The summed E-state index contributed by atoms with van der Waals surface area (Å²) in [6.07, 6.45) is 3.71. The highest BCUT2D eigenvalue weighted by Crippen LogP contribution is 2.16. The normalized spacial score (nSPS) is 10.5. The first-order valence-corrected chi connectivity index (χ1v) is 13.2. The number of hydrogen-bond acceptors (Lipinski definition) is 6. The second-order valence-electron chi connectivity index (χ2n) is 8.28. The van der Waals surface area contributed by atoms with Crippen molar-refractivity contribution < 1.29 is 23.7 Å². The van der Waals surface area contributed by atoms with Gasteiger partial charge in [0.2, 0.25) is 0 Å². The van der Waals surface area contributed by atoms with Gasteiger partial charge in [-0.1, -0.05) is 64.1 Å². The molecule has 0 aliphatic heterocycles. The number of rotatable bonds is 13. The van der Waals surface area contributed by atoms with Gasteiger partial charge in [-0.25, -0.2) is 4.79 Å². The van der Waals surface area contributed by atoms with E-state index in [1.165, 1.54) is 0 Å². The zero-order valence-electron chi connectivity index (χ0n) is 24.1. The van der Waals surface area contributed by atoms with Crippen molar-refractivity contribution in [2.45, 2.75) is 54.1 Å². The van der Waals surface area contributed by atoms with Crippen LogP contribution in [-0.4, -0.2) is 58.3 Å². The molecule has 7 nitrogen and oxygen atoms in total. The van der Waals surface area contributed by atoms with Crippen LogP contribution in [0.15, 0.2) is 48.5 Å². The first-order chi connectivity index (χ1) is 17.9. The summed E-state index contributed by atoms with van der Waals surface area (Å²) in [7, 11) is 1.91. The van der Waals surface area contributed by atoms with Crippen molar-refractivity contribution in [2.75, 3.05) is 51.9 Å². The molecule has 0 aliphatic carbocycles. The van der Waals surface area contributed by atoms with Crippen molar-refractivity contribution >= 4 is 23.9 Å². The van der Waals surface area contributed by atoms with Crippen molar-refractivity contribution in [3.63, 3.8) is 0 Å². The van der Waals surface area contributed by atoms with Crippen molar-refractivity contribution in [3.05, 3.63) is 59.7 Å². The Balaban J connectivity index is 0.00000308. The second-order valence-corrected chi connectivity index (χ2v) is 8.28. The largest absolute Gasteiger partial charge is 0.491 e. The maximum atomic E-state index is 11.5. The molecule has 0 spiro atoms. The van der Waals surface area contributed by atoms with Gasteiger partial charge in [-0.2, -0.15) is 0 Å². The van der Waals surface area contributed by atoms with Crippen LogP contribution in [0.25, 0.3) is 12.2 Å². The molecule has 2 rings (SSSR count). The fourth-order valence-corrected chi connectivity index (χ4v) is 2.71. The van der Waals surface area contributed by atoms with Gasteiger partial charge >= 0.3 is 6.09 Å². The fourth-order valence-electron chi connectivity index (χ4n) is 2.71. The first-order valence-electron chi connectivity index (χ1n) is 13.2. The third kappa shape index (κ3) is 18.0. The number of anilines is 1. The lowest BCUT2D eigenvalue weighted by Crippen LogP contribution is -2.34. The lowest BCUT2D eigenvalue weighted by atomic mass is 10.1. The van der Waals surface area contributed by atoms with Crippen LogP contribution < -0.4 is 15.4 Å². The number of carbonyl (C=O) groups is 1. The highest BCUT2D eigenvalue weighted by Gasteiger charge is 2.15. The highest BCUT2D eigenvalue weighted by atomic mass is 16.6. The zero-order chi connectivity index (χ0) is 27.9. The molecule has 2 aromatic rings. The Labute approximate surface area is 224 Å². The summed E-state index contributed by atoms with van der Waals surface area (Å²) in [5.74, 6) is 0.804. The molecule has 1 amide bonds. The van der Waals surface area contributed by atoms with Crippen molar-refractivity contribution in [2.24, 2.45) is 0 Å². The molecule has 2 N–H and O–H groups in total. The zero-order valence-corrected chi connectivity index (χ0v) is 24.1. The second kappa shape index (κ2) is 21.1. The van der Waals surface area contributed by atoms with E-state index >= 15 is 0 Å². The maximum Gasteiger partial charge on any atom is 0.407 e. The molecular weight excluding hydrogens is 468 g/mol. The molecule has 0 aliphatic rings. The van der Waals surface area contributed by atoms with Crippen molar-refractivity contribution in [1.29, 1.82) is 0 Å². The van der Waals surface area contributed by atoms with Crippen LogP contribution in [0.2, 0.25) is 0 Å². The fraction of sp³-hybridized carbons (Fsp3) is 0.500. The molecule has 0 saturated heterocycles. The van der Waals surface area contributed by atoms with Gasteiger partial charge in [-0.15, -0.1) is 0 Å². The summed E-state index contributed by atoms with van der Waals surface area (Å²) in [4.78, 5) is 11.5. The van der Waals surface area contributed by atoms with Gasteiger partial charge < -0.3 is 29.6 Å². The smallest absolute Gasteiger partial charge is 0.407 e. The molecule has 0 fully saturated rings. The number of carbonyl (C=O) groups excluding carboxylic acids is 1. The highest BCUT2D eigenvalue weighted by molar-refractivity contribution is 5.70. The van der Waals surface area contributed by atoms with Crippen LogP contribution in [-0.2, 0) is 14.2 Å². The predicted octanol–water partition coefficient (Wildman–Crippen LogP) is 6.89. The molecule has 0 aromatic heterocycles. The summed E-state index contributed by atoms with van der Waals surface area (Å²) in [5.41, 5.74) is 2.85. The Morgan fingerprint density at radius 3 is 1.76 bits per heavy atom. The number of alkyl carbamates (subject to hydrolysis) is 1. The average Bonchev–Trinajstić information content (AvgIpc) is 2.91. The predicted molar refractivity (Wildman–Crippen MR) is 155 cm³/mol. The van der Waals surface area contributed by atoms with Crippen LogP contribution in [0.3, 0.4) is 0 Å². The third-order valence-electron chi connectivity index (χ3n) is 4.33. The summed E-state index contributed by atoms with van der Waals surface area (Å²) in [6, 6.07) is 16.2. The molecular formula is C30H48N2O5. The Morgan fingerprint density at radius 1 is 0.757 bits per heavy atom. The van der Waals surface area contributed by atoms with Gasteiger partial charge in [0.25, 0.3) is 0 Å². The number of benzene rings is 2. The Bertz CT molecular complexity index is 844. The Kier molecular flexibility index (Phi) is 19.4. The summed E-state index contributed by atoms with van der Waals surface area (Å²) in [6.45, 7) is 16.1. The van der Waals surface area contributed by atoms with E-state index in [-0.39, 0.29) is 0 Å². The molecule has 0 saturated carbocycles. The van der Waals surface area contributed by atoms with E-state index in [2.05, 4.69) is 47.1 Å². The lowest BCUT2D eigenvalue weighted by molar-refractivity contribution is 0.0327. The van der Waals surface area contributed by atoms with E-state index in [1.807, 2.05) is 79.8 Å². The van der Waals surface area contributed by atoms with Gasteiger partial charge in [0.15, 0.2) is 0 Å². The van der Waals surface area contributed by atoms with Gasteiger partial charge in [0.05, 0.1) is 26.4 Å². The standard InChI is InChI=1S/C26H36N2O5.2C2H6/c1-26(2,3)33-25(29)28-15-16-30-17-18-31-19-20-32-24-13-9-22(10-14-24)6-5-21-7-11-23(27-4)12-8-21;2*1-2/h5-14,27H,15-20H2,1-4H3,(H,28,29);2*1-2H3/b6-5+;;. The topological polar surface area (TPSA) is 78.0 Å². The summed E-state index contributed by atoms with van der Waals surface area (Å²) < 4.78 is 21.8. The quantitative estimate of drug-likeness (QED) is 0.223. The summed E-state index contributed by atoms with van der Waals surface area (Å²) >= 11 is 0. The van der Waals surface area contributed by atoms with E-state index < -0.39 is 11.7 Å². The van der Waals surface area contributed by atoms with Crippen molar-refractivity contribution in [3.8, 4) is 5.75 Å². The van der Waals surface area contributed by atoms with E-state index in [0.717, 1.165) is 22.6 Å². The van der Waals surface area contributed by atoms with E-state index in [1.54, 1.807) is 0 Å². The van der Waals surface area contributed by atoms with Gasteiger partial charge in [0.1, 0.15) is 18.0 Å². The van der Waals surface area contributed by atoms with Gasteiger partial charge in [-0.3, -0.25) is 0 Å². The minimum Gasteiger partial charge on any atom is -0.491 e. The molecule has 0 heterocycles. The van der Waals surface area contributed by atoms with E-state index in [4.69, 9.17) is 18.9 Å². The van der Waals surface area contributed by atoms with Crippen LogP contribution >= 0.6 is 0 Å². The molecule has 7 heteroatoms. The Morgan fingerprint density at radius 2 is 1.24 bits per heavy atom. The molecule has 37 heavy (non-hydrogen) atoms. The van der Waals surface area contributed by atoms with Gasteiger partial charge in [-0.05, 0) is 56.2 Å². The third-order valence-corrected chi connectivity index (χ3v) is 4.33. The maximum absolute atomic E-state index is 11.5. The average molecular weight is 517 g/mol. The molecule has 2 aromatic carbocycles.